The lowest BCUT2D eigenvalue weighted by molar-refractivity contribution is 0.739. The molecule has 1 aromatic heterocycles. The van der Waals surface area contributed by atoms with Crippen LogP contribution in [0.4, 0.5) is 5.69 Å². The summed E-state index contributed by atoms with van der Waals surface area (Å²) in [6.45, 7) is 0. The Hall–Kier alpha value is -8.86. The van der Waals surface area contributed by atoms with Gasteiger partial charge in [-0.15, -0.1) is 0 Å². The number of benzene rings is 10. The second-order valence-electron chi connectivity index (χ2n) is 17.7. The van der Waals surface area contributed by atoms with Gasteiger partial charge in [-0.05, 0) is 115 Å². The number of imidazole rings is 1. The normalized spacial score (nSPS) is 15.3. The van der Waals surface area contributed by atoms with Crippen LogP contribution in [0.25, 0.3) is 94.2 Å². The fourth-order valence-corrected chi connectivity index (χ4v) is 10.5. The van der Waals surface area contributed by atoms with Gasteiger partial charge in [0.05, 0.1) is 23.1 Å². The van der Waals surface area contributed by atoms with Crippen LogP contribution in [0.15, 0.2) is 260 Å². The molecular weight excluding hydrogens is 825 g/mol. The summed E-state index contributed by atoms with van der Waals surface area (Å²) in [6, 6.07) is 83.5. The van der Waals surface area contributed by atoms with Gasteiger partial charge in [0.2, 0.25) is 0 Å². The van der Waals surface area contributed by atoms with E-state index in [4.69, 9.17) is 9.98 Å². The molecule has 0 amide bonds. The Morgan fingerprint density at radius 3 is 1.40 bits per heavy atom. The van der Waals surface area contributed by atoms with Crippen LogP contribution in [-0.4, -0.2) is 27.5 Å². The van der Waals surface area contributed by atoms with E-state index < -0.39 is 0 Å². The highest BCUT2D eigenvalue weighted by Crippen LogP contribution is 2.47. The Balaban J connectivity index is 1.02. The first kappa shape index (κ1) is 39.5. The van der Waals surface area contributed by atoms with Crippen LogP contribution < -0.4 is 4.90 Å². The number of fused-ring (bicyclic) bond motifs is 4. The van der Waals surface area contributed by atoms with Crippen molar-refractivity contribution in [3.05, 3.63) is 260 Å². The average molecular weight is 869 g/mol. The van der Waals surface area contributed by atoms with E-state index in [-0.39, 0.29) is 12.1 Å². The molecule has 4 nitrogen and oxygen atoms in total. The van der Waals surface area contributed by atoms with Gasteiger partial charge in [-0.25, -0.2) is 4.98 Å². The minimum Gasteiger partial charge on any atom is -0.317 e. The molecule has 2 unspecified atom stereocenters. The number of nitrogens with zero attached hydrogens (tertiary/aromatic N) is 4. The van der Waals surface area contributed by atoms with Crippen LogP contribution in [0.5, 0.6) is 0 Å². The summed E-state index contributed by atoms with van der Waals surface area (Å²) in [6.07, 6.45) is 8.75. The molecular formula is C64H44N4. The summed E-state index contributed by atoms with van der Waals surface area (Å²) < 4.78 is 2.29. The first-order chi connectivity index (χ1) is 33.7. The van der Waals surface area contributed by atoms with Crippen molar-refractivity contribution in [1.82, 2.24) is 9.55 Å². The molecule has 320 valence electrons. The van der Waals surface area contributed by atoms with E-state index in [2.05, 4.69) is 264 Å². The Morgan fingerprint density at radius 2 is 0.824 bits per heavy atom. The molecule has 13 rings (SSSR count). The van der Waals surface area contributed by atoms with Crippen molar-refractivity contribution in [3.63, 3.8) is 0 Å². The number of amidine groups is 1. The van der Waals surface area contributed by atoms with Gasteiger partial charge in [-0.3, -0.25) is 9.56 Å². The second kappa shape index (κ2) is 16.5. The van der Waals surface area contributed by atoms with Gasteiger partial charge in [-0.2, -0.15) is 0 Å². The zero-order valence-corrected chi connectivity index (χ0v) is 37.2. The number of anilines is 1. The molecule has 0 saturated carbocycles. The van der Waals surface area contributed by atoms with Crippen LogP contribution >= 0.6 is 0 Å². The van der Waals surface area contributed by atoms with E-state index in [0.717, 1.165) is 56.3 Å². The molecule has 2 aliphatic rings. The molecule has 4 heteroatoms. The minimum atomic E-state index is 0.0600. The van der Waals surface area contributed by atoms with E-state index >= 15 is 0 Å². The molecule has 11 aromatic rings. The smallest absolute Gasteiger partial charge is 0.145 e. The van der Waals surface area contributed by atoms with Gasteiger partial charge in [0.15, 0.2) is 0 Å². The fraction of sp³-hybridized carbons (Fsp3) is 0.0312. The molecule has 2 atom stereocenters. The number of aliphatic imine (C=N–C) groups is 1. The van der Waals surface area contributed by atoms with Crippen LogP contribution in [0.2, 0.25) is 0 Å². The zero-order chi connectivity index (χ0) is 45.0. The average Bonchev–Trinajstić information content (AvgIpc) is 4.01. The van der Waals surface area contributed by atoms with E-state index in [0.29, 0.717) is 0 Å². The molecule has 0 N–H and O–H groups in total. The maximum atomic E-state index is 5.26. The van der Waals surface area contributed by atoms with E-state index in [9.17, 15) is 0 Å². The van der Waals surface area contributed by atoms with E-state index in [1.807, 2.05) is 0 Å². The maximum Gasteiger partial charge on any atom is 0.145 e. The highest BCUT2D eigenvalue weighted by molar-refractivity contribution is 6.22. The van der Waals surface area contributed by atoms with Crippen LogP contribution in [-0.2, 0) is 0 Å². The molecule has 2 heterocycles. The maximum absolute atomic E-state index is 5.26. The number of hydrogen-bond donors (Lipinski definition) is 0. The third-order valence-corrected chi connectivity index (χ3v) is 13.7. The summed E-state index contributed by atoms with van der Waals surface area (Å²) in [4.78, 5) is 12.8. The highest BCUT2D eigenvalue weighted by Gasteiger charge is 2.35. The molecule has 68 heavy (non-hydrogen) atoms. The van der Waals surface area contributed by atoms with Crippen molar-refractivity contribution in [3.8, 4) is 61.6 Å². The van der Waals surface area contributed by atoms with Crippen molar-refractivity contribution >= 4 is 44.1 Å². The summed E-state index contributed by atoms with van der Waals surface area (Å²) in [5.74, 6) is 1.92. The summed E-state index contributed by atoms with van der Waals surface area (Å²) in [5.41, 5.74) is 15.9. The molecule has 0 spiro atoms. The Kier molecular flexibility index (Phi) is 9.61. The fourth-order valence-electron chi connectivity index (χ4n) is 10.5. The number of para-hydroxylation sites is 2. The Morgan fingerprint density at radius 1 is 0.353 bits per heavy atom. The molecule has 0 radical (unpaired) electrons. The third kappa shape index (κ3) is 6.77. The van der Waals surface area contributed by atoms with E-state index in [1.54, 1.807) is 0 Å². The van der Waals surface area contributed by atoms with Crippen molar-refractivity contribution in [2.24, 2.45) is 4.99 Å². The lowest BCUT2D eigenvalue weighted by Gasteiger charge is -2.29. The quantitative estimate of drug-likeness (QED) is 0.143. The molecule has 0 saturated heterocycles. The van der Waals surface area contributed by atoms with Crippen molar-refractivity contribution in [2.45, 2.75) is 12.1 Å². The molecule has 1 aliphatic heterocycles. The van der Waals surface area contributed by atoms with Crippen molar-refractivity contribution < 1.29 is 0 Å². The number of aromatic nitrogens is 2. The van der Waals surface area contributed by atoms with Gasteiger partial charge in [0, 0.05) is 22.5 Å². The Labute approximate surface area is 395 Å². The number of rotatable bonds is 8. The second-order valence-corrected chi connectivity index (χ2v) is 17.7. The SMILES string of the molecule is C1=CC2N=C(c3ccccc3)N(c3ccc(-c4c5ccc(-c6ccccc6)cc5c(-c5ccc(-n6c(-c7ccccc7)nc7ccccc76)cc5)c5ccc(-c6ccccc6)cc45)cc3)C2C=C1. The van der Waals surface area contributed by atoms with Crippen LogP contribution in [0, 0.1) is 0 Å². The van der Waals surface area contributed by atoms with Gasteiger partial charge in [0.25, 0.3) is 0 Å². The van der Waals surface area contributed by atoms with Crippen molar-refractivity contribution in [2.75, 3.05) is 4.90 Å². The van der Waals surface area contributed by atoms with Gasteiger partial charge >= 0.3 is 0 Å². The minimum absolute atomic E-state index is 0.0600. The predicted molar refractivity (Wildman–Crippen MR) is 285 cm³/mol. The number of allylic oxidation sites excluding steroid dienone is 2. The summed E-state index contributed by atoms with van der Waals surface area (Å²) in [5, 5.41) is 4.82. The summed E-state index contributed by atoms with van der Waals surface area (Å²) in [7, 11) is 0. The van der Waals surface area contributed by atoms with Crippen molar-refractivity contribution in [1.29, 1.82) is 0 Å². The lowest BCUT2D eigenvalue weighted by atomic mass is 9.83. The molecule has 1 aliphatic carbocycles. The van der Waals surface area contributed by atoms with Crippen LogP contribution in [0.1, 0.15) is 5.56 Å². The highest BCUT2D eigenvalue weighted by atomic mass is 15.3. The largest absolute Gasteiger partial charge is 0.317 e. The topological polar surface area (TPSA) is 33.4 Å². The molecule has 0 bridgehead atoms. The first-order valence-corrected chi connectivity index (χ1v) is 23.4. The third-order valence-electron chi connectivity index (χ3n) is 13.7. The lowest BCUT2D eigenvalue weighted by Crippen LogP contribution is -2.39. The monoisotopic (exact) mass is 868 g/mol. The van der Waals surface area contributed by atoms with Gasteiger partial charge < -0.3 is 4.90 Å². The van der Waals surface area contributed by atoms with Gasteiger partial charge in [0.1, 0.15) is 11.7 Å². The first-order valence-electron chi connectivity index (χ1n) is 23.4. The summed E-state index contributed by atoms with van der Waals surface area (Å²) >= 11 is 0. The molecule has 10 aromatic carbocycles. The standard InChI is InChI=1S/C64H44N4/c1-5-17-43(18-6-1)49-33-39-53-55(41-49)61(45-29-35-51(36-30-45)67-59-27-15-13-25-57(59)65-63(67)47-21-9-3-10-22-47)54-40-34-50(44-19-7-2-8-20-44)42-56(54)62(53)46-31-37-52(38-32-46)68-60-28-16-14-26-58(60)66-64(68)48-23-11-4-12-24-48/h1-42,57,59H. The number of hydrogen-bond acceptors (Lipinski definition) is 3. The molecule has 0 fully saturated rings. The predicted octanol–water partition coefficient (Wildman–Crippen LogP) is 15.8. The van der Waals surface area contributed by atoms with Crippen LogP contribution in [0.3, 0.4) is 0 Å². The van der Waals surface area contributed by atoms with Gasteiger partial charge in [-0.1, -0.05) is 206 Å². The van der Waals surface area contributed by atoms with E-state index in [1.165, 1.54) is 54.9 Å². The zero-order valence-electron chi connectivity index (χ0n) is 37.2. The Bertz CT molecular complexity index is 3760.